The zero-order chi connectivity index (χ0) is 22.1. The number of rotatable bonds is 5. The fraction of sp³-hybridized carbons (Fsp3) is 0.455. The molecule has 1 atom stereocenters. The number of phenolic OH excluding ortho intramolecular Hbond substituents is 1. The standard InChI is InChI=1S/C22H25N3O4S/c1-5-29-18-9-13(8-17(20(18)26)25(27)28)12-24-21-16(11-23)15-7-6-14(22(2,3)4)10-19(15)30-21/h8-9,12,14,26H,5-7,10H2,1-4H3/t14-/m1/s1. The van der Waals surface area contributed by atoms with Crippen molar-refractivity contribution in [3.63, 3.8) is 0 Å². The van der Waals surface area contributed by atoms with Gasteiger partial charge in [-0.05, 0) is 49.1 Å². The minimum atomic E-state index is -0.660. The number of thiophene rings is 1. The summed E-state index contributed by atoms with van der Waals surface area (Å²) in [5.41, 5.74) is 1.87. The van der Waals surface area contributed by atoms with Gasteiger partial charge in [-0.3, -0.25) is 10.1 Å². The first-order valence-corrected chi connectivity index (χ1v) is 10.7. The second-order valence-corrected chi connectivity index (χ2v) is 9.52. The van der Waals surface area contributed by atoms with E-state index in [0.717, 1.165) is 24.8 Å². The third-order valence-electron chi connectivity index (χ3n) is 5.49. The Kier molecular flexibility index (Phi) is 6.13. The van der Waals surface area contributed by atoms with Gasteiger partial charge in [0.15, 0.2) is 5.75 Å². The van der Waals surface area contributed by atoms with Crippen LogP contribution in [0.5, 0.6) is 11.5 Å². The van der Waals surface area contributed by atoms with Crippen molar-refractivity contribution in [3.8, 4) is 17.6 Å². The van der Waals surface area contributed by atoms with Crippen LogP contribution >= 0.6 is 11.3 Å². The van der Waals surface area contributed by atoms with Gasteiger partial charge in [-0.2, -0.15) is 5.26 Å². The Morgan fingerprint density at radius 2 is 2.20 bits per heavy atom. The molecule has 0 radical (unpaired) electrons. The molecular weight excluding hydrogens is 402 g/mol. The third-order valence-corrected chi connectivity index (χ3v) is 6.65. The van der Waals surface area contributed by atoms with Crippen molar-refractivity contribution in [1.82, 2.24) is 0 Å². The summed E-state index contributed by atoms with van der Waals surface area (Å²) in [5, 5.41) is 31.6. The zero-order valence-corrected chi connectivity index (χ0v) is 18.4. The van der Waals surface area contributed by atoms with Gasteiger partial charge in [0, 0.05) is 22.7 Å². The van der Waals surface area contributed by atoms with E-state index in [1.165, 1.54) is 34.6 Å². The van der Waals surface area contributed by atoms with Crippen LogP contribution in [0.1, 0.15) is 55.7 Å². The van der Waals surface area contributed by atoms with Gasteiger partial charge in [0.1, 0.15) is 11.1 Å². The van der Waals surface area contributed by atoms with E-state index >= 15 is 0 Å². The predicted octanol–water partition coefficient (Wildman–Crippen LogP) is 5.53. The molecule has 0 unspecified atom stereocenters. The summed E-state index contributed by atoms with van der Waals surface area (Å²) >= 11 is 1.52. The van der Waals surface area contributed by atoms with E-state index in [2.05, 4.69) is 31.8 Å². The Morgan fingerprint density at radius 3 is 2.80 bits per heavy atom. The minimum Gasteiger partial charge on any atom is -0.500 e. The van der Waals surface area contributed by atoms with Gasteiger partial charge in [-0.15, -0.1) is 11.3 Å². The van der Waals surface area contributed by atoms with Gasteiger partial charge in [-0.25, -0.2) is 4.99 Å². The average molecular weight is 428 g/mol. The van der Waals surface area contributed by atoms with Crippen LogP contribution in [0, 0.1) is 32.8 Å². The summed E-state index contributed by atoms with van der Waals surface area (Å²) in [6.45, 7) is 8.72. The van der Waals surface area contributed by atoms with Gasteiger partial charge >= 0.3 is 5.69 Å². The number of aliphatic imine (C=N–C) groups is 1. The van der Waals surface area contributed by atoms with Crippen molar-refractivity contribution in [1.29, 1.82) is 5.26 Å². The molecule has 1 N–H and O–H groups in total. The van der Waals surface area contributed by atoms with Crippen LogP contribution in [0.2, 0.25) is 0 Å². The van der Waals surface area contributed by atoms with Gasteiger partial charge in [0.2, 0.25) is 5.75 Å². The summed E-state index contributed by atoms with van der Waals surface area (Å²) in [6.07, 6.45) is 4.33. The van der Waals surface area contributed by atoms with Gasteiger partial charge in [0.05, 0.1) is 17.1 Å². The second-order valence-electron chi connectivity index (χ2n) is 8.44. The van der Waals surface area contributed by atoms with Crippen molar-refractivity contribution in [2.45, 2.75) is 47.0 Å². The van der Waals surface area contributed by atoms with E-state index in [9.17, 15) is 20.5 Å². The van der Waals surface area contributed by atoms with Crippen LogP contribution in [0.25, 0.3) is 0 Å². The highest BCUT2D eigenvalue weighted by Crippen LogP contribution is 2.45. The maximum Gasteiger partial charge on any atom is 0.315 e. The molecule has 30 heavy (non-hydrogen) atoms. The van der Waals surface area contributed by atoms with E-state index in [1.807, 2.05) is 0 Å². The molecule has 0 spiro atoms. The van der Waals surface area contributed by atoms with Crippen LogP contribution in [0.3, 0.4) is 0 Å². The molecule has 1 aromatic heterocycles. The van der Waals surface area contributed by atoms with E-state index < -0.39 is 16.4 Å². The number of aromatic hydroxyl groups is 1. The lowest BCUT2D eigenvalue weighted by Crippen LogP contribution is -2.26. The van der Waals surface area contributed by atoms with Crippen molar-refractivity contribution in [2.75, 3.05) is 6.61 Å². The quantitative estimate of drug-likeness (QED) is 0.383. The molecule has 1 aromatic carbocycles. The Hall–Kier alpha value is -2.92. The van der Waals surface area contributed by atoms with Crippen LogP contribution < -0.4 is 4.74 Å². The molecule has 0 fully saturated rings. The van der Waals surface area contributed by atoms with Gasteiger partial charge < -0.3 is 9.84 Å². The van der Waals surface area contributed by atoms with Gasteiger partial charge in [-0.1, -0.05) is 20.8 Å². The maximum absolute atomic E-state index is 11.3. The molecule has 0 aliphatic heterocycles. The molecule has 2 aromatic rings. The average Bonchev–Trinajstić information content (AvgIpc) is 3.04. The molecule has 8 heteroatoms. The molecule has 0 saturated heterocycles. The van der Waals surface area contributed by atoms with Crippen molar-refractivity contribution in [2.24, 2.45) is 16.3 Å². The molecule has 158 valence electrons. The molecule has 0 amide bonds. The molecule has 1 aliphatic carbocycles. The lowest BCUT2D eigenvalue weighted by atomic mass is 9.72. The number of benzene rings is 1. The topological polar surface area (TPSA) is 109 Å². The monoisotopic (exact) mass is 427 g/mol. The van der Waals surface area contributed by atoms with Crippen molar-refractivity contribution >= 4 is 28.2 Å². The van der Waals surface area contributed by atoms with E-state index in [0.29, 0.717) is 22.0 Å². The Balaban J connectivity index is 1.97. The smallest absolute Gasteiger partial charge is 0.315 e. The summed E-state index contributed by atoms with van der Waals surface area (Å²) in [6, 6.07) is 5.04. The number of hydrogen-bond acceptors (Lipinski definition) is 7. The molecular formula is C22H25N3O4S. The third kappa shape index (κ3) is 4.31. The normalized spacial score (nSPS) is 16.3. The van der Waals surface area contributed by atoms with Crippen LogP contribution in [-0.4, -0.2) is 22.9 Å². The summed E-state index contributed by atoms with van der Waals surface area (Å²) < 4.78 is 5.31. The number of fused-ring (bicyclic) bond motifs is 1. The number of nitrogens with zero attached hydrogens (tertiary/aromatic N) is 3. The van der Waals surface area contributed by atoms with Crippen LogP contribution in [0.4, 0.5) is 10.7 Å². The number of phenols is 1. The molecule has 0 saturated carbocycles. The Morgan fingerprint density at radius 1 is 1.47 bits per heavy atom. The number of nitriles is 1. The second kappa shape index (κ2) is 8.44. The number of nitro groups is 1. The van der Waals surface area contributed by atoms with E-state index in [4.69, 9.17) is 4.74 Å². The van der Waals surface area contributed by atoms with Crippen molar-refractivity contribution < 1.29 is 14.8 Å². The number of hydrogen-bond donors (Lipinski definition) is 1. The van der Waals surface area contributed by atoms with Crippen LogP contribution in [-0.2, 0) is 12.8 Å². The summed E-state index contributed by atoms with van der Waals surface area (Å²) in [5.74, 6) is 0.0872. The first-order valence-electron chi connectivity index (χ1n) is 9.88. The summed E-state index contributed by atoms with van der Waals surface area (Å²) in [4.78, 5) is 16.3. The summed E-state index contributed by atoms with van der Waals surface area (Å²) in [7, 11) is 0. The highest BCUT2D eigenvalue weighted by molar-refractivity contribution is 7.16. The first kappa shape index (κ1) is 21.8. The lowest BCUT2D eigenvalue weighted by Gasteiger charge is -2.33. The lowest BCUT2D eigenvalue weighted by molar-refractivity contribution is -0.386. The maximum atomic E-state index is 11.3. The van der Waals surface area contributed by atoms with E-state index in [1.54, 1.807) is 6.92 Å². The fourth-order valence-electron chi connectivity index (χ4n) is 3.74. The molecule has 3 rings (SSSR count). The first-order chi connectivity index (χ1) is 14.2. The highest BCUT2D eigenvalue weighted by atomic mass is 32.1. The Labute approximate surface area is 179 Å². The highest BCUT2D eigenvalue weighted by Gasteiger charge is 2.32. The number of ether oxygens (including phenoxy) is 1. The fourth-order valence-corrected chi connectivity index (χ4v) is 4.96. The zero-order valence-electron chi connectivity index (χ0n) is 17.6. The SMILES string of the molecule is CCOc1cc(C=Nc2sc3c(c2C#N)CC[C@@H](C(C)(C)C)C3)cc([N+](=O)[O-])c1O. The number of nitro benzene ring substituents is 1. The molecule has 7 nitrogen and oxygen atoms in total. The predicted molar refractivity (Wildman–Crippen MR) is 117 cm³/mol. The molecule has 1 heterocycles. The minimum absolute atomic E-state index is 0.0344. The molecule has 1 aliphatic rings. The van der Waals surface area contributed by atoms with Gasteiger partial charge in [0.25, 0.3) is 0 Å². The van der Waals surface area contributed by atoms with Crippen molar-refractivity contribution in [3.05, 3.63) is 43.8 Å². The molecule has 0 bridgehead atoms. The van der Waals surface area contributed by atoms with Crippen LogP contribution in [0.15, 0.2) is 17.1 Å². The van der Waals surface area contributed by atoms with E-state index in [-0.39, 0.29) is 17.8 Å². The largest absolute Gasteiger partial charge is 0.500 e. The Bertz CT molecular complexity index is 1040.